The number of anilines is 1. The fraction of sp³-hybridized carbons (Fsp3) is 0.393. The molecule has 1 aromatic heterocycles. The van der Waals surface area contributed by atoms with E-state index in [-0.39, 0.29) is 44.8 Å². The minimum absolute atomic E-state index is 0.0387. The second-order valence-electron chi connectivity index (χ2n) is 9.85. The summed E-state index contributed by atoms with van der Waals surface area (Å²) in [7, 11) is -3.73. The summed E-state index contributed by atoms with van der Waals surface area (Å²) in [6.07, 6.45) is -3.21. The number of amides is 2. The fourth-order valence-corrected chi connectivity index (χ4v) is 5.90. The van der Waals surface area contributed by atoms with Gasteiger partial charge in [0.2, 0.25) is 21.8 Å². The van der Waals surface area contributed by atoms with Gasteiger partial charge in [0.15, 0.2) is 0 Å². The van der Waals surface area contributed by atoms with Crippen molar-refractivity contribution in [1.82, 2.24) is 14.6 Å². The third-order valence-electron chi connectivity index (χ3n) is 6.62. The first kappa shape index (κ1) is 32.9. The van der Waals surface area contributed by atoms with Crippen molar-refractivity contribution in [3.63, 3.8) is 0 Å². The van der Waals surface area contributed by atoms with Gasteiger partial charge < -0.3 is 22.1 Å². The lowest BCUT2D eigenvalue weighted by atomic mass is 10.0. The Kier molecular flexibility index (Phi) is 11.4. The van der Waals surface area contributed by atoms with Crippen LogP contribution in [0.25, 0.3) is 10.9 Å². The van der Waals surface area contributed by atoms with Crippen molar-refractivity contribution < 1.29 is 31.2 Å². The molecule has 0 aliphatic rings. The minimum atomic E-state index is -4.52. The highest BCUT2D eigenvalue weighted by Gasteiger charge is 2.31. The van der Waals surface area contributed by atoms with Gasteiger partial charge in [-0.1, -0.05) is 37.3 Å². The molecule has 2 atom stereocenters. The van der Waals surface area contributed by atoms with E-state index in [1.54, 1.807) is 12.1 Å². The van der Waals surface area contributed by atoms with E-state index in [0.29, 0.717) is 16.8 Å². The molecule has 0 fully saturated rings. The molecule has 0 radical (unpaired) electrons. The van der Waals surface area contributed by atoms with E-state index in [0.717, 1.165) is 17.5 Å². The van der Waals surface area contributed by atoms with E-state index in [4.69, 9.17) is 11.5 Å². The number of nitrogens with one attached hydrogen (secondary N) is 2. The molecule has 6 N–H and O–H groups in total. The van der Waals surface area contributed by atoms with Crippen molar-refractivity contribution in [1.29, 1.82) is 0 Å². The van der Waals surface area contributed by atoms with Crippen LogP contribution in [0.4, 0.5) is 18.9 Å². The van der Waals surface area contributed by atoms with Gasteiger partial charge in [-0.3, -0.25) is 14.6 Å². The highest BCUT2D eigenvalue weighted by atomic mass is 32.2. The van der Waals surface area contributed by atoms with Gasteiger partial charge in [-0.05, 0) is 36.2 Å². The molecule has 0 spiro atoms. The number of hydrogen-bond acceptors (Lipinski definition) is 7. The average Bonchev–Trinajstić information content (AvgIpc) is 2.95. The van der Waals surface area contributed by atoms with Gasteiger partial charge in [-0.15, -0.1) is 0 Å². The zero-order chi connectivity index (χ0) is 30.9. The zero-order valence-corrected chi connectivity index (χ0v) is 23.9. The van der Waals surface area contributed by atoms with Crippen LogP contribution in [0.5, 0.6) is 0 Å². The van der Waals surface area contributed by atoms with E-state index in [2.05, 4.69) is 15.6 Å². The van der Waals surface area contributed by atoms with Crippen molar-refractivity contribution in [3.05, 3.63) is 71.9 Å². The van der Waals surface area contributed by atoms with E-state index in [9.17, 15) is 31.2 Å². The molecule has 0 bridgehead atoms. The second kappa shape index (κ2) is 14.5. The standard InChI is InChI=1S/C28H35F3N6O4S/c1-19(10-15-42(40,41)37(13-11-32)14-12-33)26(38)36-25(16-20-6-8-22(9-7-20)28(29,30)31)27(39)35-23-17-21-4-2-3-5-24(21)34-18-23/h2-9,17-19,25H,10-16,32-33H2,1H3,(H,35,39)(H,36,38)/t19-,25+/m0/s1. The summed E-state index contributed by atoms with van der Waals surface area (Å²) in [4.78, 5) is 30.7. The summed E-state index contributed by atoms with van der Waals surface area (Å²) >= 11 is 0. The van der Waals surface area contributed by atoms with Gasteiger partial charge >= 0.3 is 6.18 Å². The van der Waals surface area contributed by atoms with Crippen LogP contribution in [0.2, 0.25) is 0 Å². The molecule has 1 heterocycles. The Morgan fingerprint density at radius 1 is 1.00 bits per heavy atom. The third-order valence-corrected chi connectivity index (χ3v) is 8.52. The summed E-state index contributed by atoms with van der Waals surface area (Å²) in [5.74, 6) is -2.34. The van der Waals surface area contributed by atoms with E-state index in [1.807, 2.05) is 18.2 Å². The number of rotatable bonds is 14. The molecule has 0 saturated heterocycles. The summed E-state index contributed by atoms with van der Waals surface area (Å²) in [6.45, 7) is 1.95. The molecular formula is C28H35F3N6O4S. The number of sulfonamides is 1. The summed E-state index contributed by atoms with van der Waals surface area (Å²) in [5, 5.41) is 6.12. The topological polar surface area (TPSA) is 161 Å². The van der Waals surface area contributed by atoms with E-state index < -0.39 is 45.5 Å². The number of hydrogen-bond donors (Lipinski definition) is 4. The Bertz CT molecular complexity index is 1460. The number of fused-ring (bicyclic) bond motifs is 1. The Morgan fingerprint density at radius 3 is 2.26 bits per heavy atom. The van der Waals surface area contributed by atoms with Crippen LogP contribution in [0.15, 0.2) is 60.8 Å². The predicted octanol–water partition coefficient (Wildman–Crippen LogP) is 2.50. The van der Waals surface area contributed by atoms with Crippen LogP contribution in [0.1, 0.15) is 24.5 Å². The maximum atomic E-state index is 13.3. The number of nitrogens with two attached hydrogens (primary N) is 2. The summed E-state index contributed by atoms with van der Waals surface area (Å²) in [5.41, 5.74) is 11.6. The maximum absolute atomic E-state index is 13.3. The van der Waals surface area contributed by atoms with Crippen LogP contribution in [-0.4, -0.2) is 67.5 Å². The van der Waals surface area contributed by atoms with Gasteiger partial charge in [0.25, 0.3) is 0 Å². The number of para-hydroxylation sites is 1. The minimum Gasteiger partial charge on any atom is -0.344 e. The first-order chi connectivity index (χ1) is 19.8. The van der Waals surface area contributed by atoms with Crippen LogP contribution in [-0.2, 0) is 32.2 Å². The number of nitrogens with zero attached hydrogens (tertiary/aromatic N) is 2. The number of aromatic nitrogens is 1. The lowest BCUT2D eigenvalue weighted by Crippen LogP contribution is -2.47. The lowest BCUT2D eigenvalue weighted by Gasteiger charge is -2.23. The molecule has 228 valence electrons. The molecule has 0 saturated carbocycles. The molecule has 42 heavy (non-hydrogen) atoms. The number of benzene rings is 2. The lowest BCUT2D eigenvalue weighted by molar-refractivity contribution is -0.137. The number of pyridine rings is 1. The molecule has 10 nitrogen and oxygen atoms in total. The average molecular weight is 609 g/mol. The molecule has 2 amide bonds. The molecule has 0 aliphatic heterocycles. The van der Waals surface area contributed by atoms with Crippen LogP contribution < -0.4 is 22.1 Å². The molecular weight excluding hydrogens is 573 g/mol. The van der Waals surface area contributed by atoms with Gasteiger partial charge in [0.1, 0.15) is 6.04 Å². The van der Waals surface area contributed by atoms with Crippen molar-refractivity contribution >= 4 is 38.4 Å². The highest BCUT2D eigenvalue weighted by molar-refractivity contribution is 7.89. The fourth-order valence-electron chi connectivity index (χ4n) is 4.22. The number of alkyl halides is 3. The molecule has 0 unspecified atom stereocenters. The smallest absolute Gasteiger partial charge is 0.344 e. The molecule has 0 aliphatic carbocycles. The molecule has 3 aromatic rings. The summed E-state index contributed by atoms with van der Waals surface area (Å²) in [6, 6.07) is 12.1. The van der Waals surface area contributed by atoms with Crippen molar-refractivity contribution in [3.8, 4) is 0 Å². The van der Waals surface area contributed by atoms with Crippen LogP contribution in [0, 0.1) is 5.92 Å². The summed E-state index contributed by atoms with van der Waals surface area (Å²) < 4.78 is 65.7. The van der Waals surface area contributed by atoms with Crippen molar-refractivity contribution in [2.24, 2.45) is 17.4 Å². The van der Waals surface area contributed by atoms with Gasteiger partial charge in [0, 0.05) is 43.9 Å². The Morgan fingerprint density at radius 2 is 1.64 bits per heavy atom. The van der Waals surface area contributed by atoms with E-state index in [1.165, 1.54) is 29.6 Å². The Labute approximate surface area is 242 Å². The van der Waals surface area contributed by atoms with Crippen molar-refractivity contribution in [2.75, 3.05) is 37.2 Å². The molecule has 3 rings (SSSR count). The van der Waals surface area contributed by atoms with Gasteiger partial charge in [0.05, 0.1) is 28.7 Å². The zero-order valence-electron chi connectivity index (χ0n) is 23.1. The van der Waals surface area contributed by atoms with Crippen LogP contribution in [0.3, 0.4) is 0 Å². The molecule has 14 heteroatoms. The number of carbonyl (C=O) groups excluding carboxylic acids is 2. The van der Waals surface area contributed by atoms with E-state index >= 15 is 0 Å². The SMILES string of the molecule is C[C@@H](CCS(=O)(=O)N(CCN)CCN)C(=O)N[C@H](Cc1ccc(C(F)(F)F)cc1)C(=O)Nc1cnc2ccccc2c1. The maximum Gasteiger partial charge on any atom is 0.416 e. The Balaban J connectivity index is 1.76. The highest BCUT2D eigenvalue weighted by Crippen LogP contribution is 2.29. The van der Waals surface area contributed by atoms with Crippen molar-refractivity contribution in [2.45, 2.75) is 32.0 Å². The quantitative estimate of drug-likeness (QED) is 0.219. The number of carbonyl (C=O) groups is 2. The predicted molar refractivity (Wildman–Crippen MR) is 155 cm³/mol. The monoisotopic (exact) mass is 608 g/mol. The largest absolute Gasteiger partial charge is 0.416 e. The number of halogens is 3. The first-order valence-corrected chi connectivity index (χ1v) is 14.9. The first-order valence-electron chi connectivity index (χ1n) is 13.3. The normalized spacial score (nSPS) is 13.6. The Hall–Kier alpha value is -3.59. The third kappa shape index (κ3) is 9.21. The van der Waals surface area contributed by atoms with Gasteiger partial charge in [-0.25, -0.2) is 8.42 Å². The van der Waals surface area contributed by atoms with Gasteiger partial charge in [-0.2, -0.15) is 17.5 Å². The molecule has 2 aromatic carbocycles. The second-order valence-corrected chi connectivity index (χ2v) is 11.9. The van der Waals surface area contributed by atoms with Crippen LogP contribution >= 0.6 is 0 Å².